The molecule has 0 amide bonds. The first-order chi connectivity index (χ1) is 6.60. The van der Waals surface area contributed by atoms with Crippen molar-refractivity contribution in [2.75, 3.05) is 0 Å². The Morgan fingerprint density at radius 2 is 1.60 bits per heavy atom. The van der Waals surface area contributed by atoms with Crippen molar-refractivity contribution in [3.63, 3.8) is 0 Å². The lowest BCUT2D eigenvalue weighted by molar-refractivity contribution is -0.115. The van der Waals surface area contributed by atoms with Gasteiger partial charge in [0.2, 0.25) is 0 Å². The smallest absolute Gasteiger partial charge is 0.0645 e. The van der Waals surface area contributed by atoms with Crippen molar-refractivity contribution in [1.29, 1.82) is 0 Å². The molecule has 0 bridgehead atoms. The van der Waals surface area contributed by atoms with Crippen molar-refractivity contribution in [2.45, 2.75) is 79.1 Å². The quantitative estimate of drug-likeness (QED) is 0.737. The SMILES string of the molecule is CCC(C)(C)C(C)OC(C)(C)CC(C)N. The van der Waals surface area contributed by atoms with Gasteiger partial charge in [0.15, 0.2) is 0 Å². The Morgan fingerprint density at radius 3 is 1.93 bits per heavy atom. The minimum Gasteiger partial charge on any atom is -0.372 e. The Balaban J connectivity index is 4.33. The summed E-state index contributed by atoms with van der Waals surface area (Å²) in [7, 11) is 0. The Labute approximate surface area is 95.6 Å². The number of ether oxygens (including phenoxy) is 1. The molecular weight excluding hydrogens is 186 g/mol. The maximum absolute atomic E-state index is 6.12. The van der Waals surface area contributed by atoms with Gasteiger partial charge in [0.25, 0.3) is 0 Å². The standard InChI is InChI=1S/C13H29NO/c1-8-12(4,5)11(3)15-13(6,7)9-10(2)14/h10-11H,8-9,14H2,1-7H3. The molecule has 0 rings (SSSR count). The van der Waals surface area contributed by atoms with Crippen LogP contribution >= 0.6 is 0 Å². The highest BCUT2D eigenvalue weighted by atomic mass is 16.5. The molecule has 0 aromatic carbocycles. The van der Waals surface area contributed by atoms with E-state index in [0.717, 1.165) is 12.8 Å². The Hall–Kier alpha value is -0.0800. The summed E-state index contributed by atoms with van der Waals surface area (Å²) in [6, 6.07) is 0.192. The summed E-state index contributed by atoms with van der Waals surface area (Å²) in [5.74, 6) is 0. The second-order valence-corrected chi connectivity index (χ2v) is 6.04. The number of nitrogens with two attached hydrogens (primary N) is 1. The van der Waals surface area contributed by atoms with Gasteiger partial charge in [-0.1, -0.05) is 20.8 Å². The van der Waals surface area contributed by atoms with E-state index in [1.54, 1.807) is 0 Å². The van der Waals surface area contributed by atoms with Crippen LogP contribution in [0, 0.1) is 5.41 Å². The monoisotopic (exact) mass is 215 g/mol. The molecule has 2 unspecified atom stereocenters. The molecule has 0 aliphatic heterocycles. The lowest BCUT2D eigenvalue weighted by atomic mass is 9.84. The van der Waals surface area contributed by atoms with Crippen LogP contribution in [0.4, 0.5) is 0 Å². The Kier molecular flexibility index (Phi) is 5.28. The zero-order chi connectivity index (χ0) is 12.3. The van der Waals surface area contributed by atoms with E-state index in [4.69, 9.17) is 10.5 Å². The second kappa shape index (κ2) is 5.31. The normalized spacial score (nSPS) is 17.6. The van der Waals surface area contributed by atoms with Crippen LogP contribution < -0.4 is 5.73 Å². The lowest BCUT2D eigenvalue weighted by Crippen LogP contribution is -2.40. The molecule has 2 atom stereocenters. The van der Waals surface area contributed by atoms with E-state index in [1.807, 2.05) is 6.92 Å². The first-order valence-electron chi connectivity index (χ1n) is 6.04. The molecule has 2 heteroatoms. The number of hydrogen-bond acceptors (Lipinski definition) is 2. The summed E-state index contributed by atoms with van der Waals surface area (Å²) in [5, 5.41) is 0. The van der Waals surface area contributed by atoms with E-state index in [2.05, 4.69) is 41.5 Å². The average molecular weight is 215 g/mol. The van der Waals surface area contributed by atoms with Gasteiger partial charge >= 0.3 is 0 Å². The molecule has 0 saturated carbocycles. The molecule has 2 nitrogen and oxygen atoms in total. The molecule has 0 fully saturated rings. The van der Waals surface area contributed by atoms with E-state index in [0.29, 0.717) is 0 Å². The van der Waals surface area contributed by atoms with Crippen LogP contribution in [0.25, 0.3) is 0 Å². The lowest BCUT2D eigenvalue weighted by Gasteiger charge is -2.38. The molecule has 92 valence electrons. The fourth-order valence-electron chi connectivity index (χ4n) is 1.75. The Morgan fingerprint density at radius 1 is 1.13 bits per heavy atom. The van der Waals surface area contributed by atoms with Gasteiger partial charge in [-0.05, 0) is 46.0 Å². The van der Waals surface area contributed by atoms with Gasteiger partial charge in [0.05, 0.1) is 11.7 Å². The van der Waals surface area contributed by atoms with E-state index in [9.17, 15) is 0 Å². The van der Waals surface area contributed by atoms with Crippen molar-refractivity contribution in [1.82, 2.24) is 0 Å². The van der Waals surface area contributed by atoms with Gasteiger partial charge in [-0.25, -0.2) is 0 Å². The van der Waals surface area contributed by atoms with Crippen molar-refractivity contribution in [3.05, 3.63) is 0 Å². The fraction of sp³-hybridized carbons (Fsp3) is 1.00. The summed E-state index contributed by atoms with van der Waals surface area (Å²) >= 11 is 0. The second-order valence-electron chi connectivity index (χ2n) is 6.04. The summed E-state index contributed by atoms with van der Waals surface area (Å²) < 4.78 is 6.12. The molecule has 2 N–H and O–H groups in total. The zero-order valence-electron chi connectivity index (χ0n) is 11.6. The zero-order valence-corrected chi connectivity index (χ0v) is 11.6. The summed E-state index contributed by atoms with van der Waals surface area (Å²) in [6.07, 6.45) is 2.29. The van der Waals surface area contributed by atoms with Crippen molar-refractivity contribution < 1.29 is 4.74 Å². The minimum atomic E-state index is -0.125. The third kappa shape index (κ3) is 5.53. The summed E-state index contributed by atoms with van der Waals surface area (Å²) in [4.78, 5) is 0. The highest BCUT2D eigenvalue weighted by molar-refractivity contribution is 4.80. The van der Waals surface area contributed by atoms with Crippen molar-refractivity contribution in [3.8, 4) is 0 Å². The summed E-state index contributed by atoms with van der Waals surface area (Å²) in [5.41, 5.74) is 5.92. The summed E-state index contributed by atoms with van der Waals surface area (Å²) in [6.45, 7) is 15.1. The van der Waals surface area contributed by atoms with Crippen LogP contribution in [-0.4, -0.2) is 17.7 Å². The van der Waals surface area contributed by atoms with Crippen LogP contribution in [0.1, 0.15) is 61.3 Å². The largest absolute Gasteiger partial charge is 0.372 e. The molecular formula is C13H29NO. The number of hydrogen-bond donors (Lipinski definition) is 1. The van der Waals surface area contributed by atoms with Gasteiger partial charge in [-0.3, -0.25) is 0 Å². The van der Waals surface area contributed by atoms with Crippen molar-refractivity contribution >= 4 is 0 Å². The molecule has 0 saturated heterocycles. The van der Waals surface area contributed by atoms with Crippen LogP contribution in [0.2, 0.25) is 0 Å². The average Bonchev–Trinajstić information content (AvgIpc) is 2.00. The molecule has 0 heterocycles. The van der Waals surface area contributed by atoms with E-state index >= 15 is 0 Å². The van der Waals surface area contributed by atoms with E-state index in [-0.39, 0.29) is 23.2 Å². The minimum absolute atomic E-state index is 0.125. The predicted octanol–water partition coefficient (Wildman–Crippen LogP) is 3.34. The fourth-order valence-corrected chi connectivity index (χ4v) is 1.75. The molecule has 0 aromatic heterocycles. The molecule has 0 radical (unpaired) electrons. The van der Waals surface area contributed by atoms with Crippen LogP contribution in [0.15, 0.2) is 0 Å². The maximum atomic E-state index is 6.12. The first kappa shape index (κ1) is 14.9. The van der Waals surface area contributed by atoms with Gasteiger partial charge in [-0.2, -0.15) is 0 Å². The number of rotatable bonds is 6. The maximum Gasteiger partial charge on any atom is 0.0645 e. The van der Waals surface area contributed by atoms with Gasteiger partial charge in [0.1, 0.15) is 0 Å². The highest BCUT2D eigenvalue weighted by Crippen LogP contribution is 2.31. The molecule has 0 spiro atoms. The van der Waals surface area contributed by atoms with Gasteiger partial charge in [-0.15, -0.1) is 0 Å². The van der Waals surface area contributed by atoms with Crippen molar-refractivity contribution in [2.24, 2.45) is 11.1 Å². The highest BCUT2D eigenvalue weighted by Gasteiger charge is 2.30. The van der Waals surface area contributed by atoms with Crippen LogP contribution in [-0.2, 0) is 4.74 Å². The molecule has 0 aliphatic rings. The van der Waals surface area contributed by atoms with E-state index < -0.39 is 0 Å². The molecule has 0 aromatic rings. The predicted molar refractivity (Wildman–Crippen MR) is 67.0 cm³/mol. The van der Waals surface area contributed by atoms with Crippen LogP contribution in [0.3, 0.4) is 0 Å². The van der Waals surface area contributed by atoms with Gasteiger partial charge in [0, 0.05) is 6.04 Å². The molecule has 0 aliphatic carbocycles. The van der Waals surface area contributed by atoms with Gasteiger partial charge < -0.3 is 10.5 Å². The third-order valence-electron chi connectivity index (χ3n) is 3.32. The Bertz CT molecular complexity index is 185. The topological polar surface area (TPSA) is 35.2 Å². The molecule has 15 heavy (non-hydrogen) atoms. The van der Waals surface area contributed by atoms with E-state index in [1.165, 1.54) is 0 Å². The third-order valence-corrected chi connectivity index (χ3v) is 3.32. The van der Waals surface area contributed by atoms with Crippen LogP contribution in [0.5, 0.6) is 0 Å². The first-order valence-corrected chi connectivity index (χ1v) is 6.04.